The Labute approximate surface area is 114 Å². The quantitative estimate of drug-likeness (QED) is 0.440. The maximum atomic E-state index is 11.1. The van der Waals surface area contributed by atoms with E-state index < -0.39 is 0 Å². The van der Waals surface area contributed by atoms with Gasteiger partial charge in [-0.05, 0) is 24.1 Å². The van der Waals surface area contributed by atoms with Crippen LogP contribution in [0.25, 0.3) is 0 Å². The molecule has 0 fully saturated rings. The monoisotopic (exact) mass is 266 g/mol. The fourth-order valence-corrected chi connectivity index (χ4v) is 1.71. The molecule has 0 radical (unpaired) electrons. The molecule has 0 aliphatic carbocycles. The lowest BCUT2D eigenvalue weighted by molar-refractivity contribution is -0.301. The summed E-state index contributed by atoms with van der Waals surface area (Å²) in [7, 11) is 0. The molecule has 0 aliphatic heterocycles. The number of carbonyl (C=O) groups excluding carboxylic acids is 1. The normalized spacial score (nSPS) is 12.1. The number of rotatable bonds is 8. The van der Waals surface area contributed by atoms with Gasteiger partial charge in [-0.3, -0.25) is 4.89 Å². The molecule has 1 aromatic rings. The summed E-state index contributed by atoms with van der Waals surface area (Å²) < 4.78 is 0. The molecule has 1 aromatic carbocycles. The molecule has 19 heavy (non-hydrogen) atoms. The third-order valence-corrected chi connectivity index (χ3v) is 2.88. The van der Waals surface area contributed by atoms with Crippen LogP contribution in [0.5, 0.6) is 5.75 Å². The van der Waals surface area contributed by atoms with Crippen LogP contribution >= 0.6 is 0 Å². The molecule has 4 nitrogen and oxygen atoms in total. The van der Waals surface area contributed by atoms with Crippen molar-refractivity contribution in [2.45, 2.75) is 52.1 Å². The van der Waals surface area contributed by atoms with Crippen molar-refractivity contribution in [3.63, 3.8) is 0 Å². The SMILES string of the molecule is CCCCCC(OOC(=O)CC)c1ccc(O)cc1. The smallest absolute Gasteiger partial charge is 0.342 e. The van der Waals surface area contributed by atoms with E-state index in [1.807, 2.05) is 0 Å². The van der Waals surface area contributed by atoms with E-state index >= 15 is 0 Å². The molecular weight excluding hydrogens is 244 g/mol. The van der Waals surface area contributed by atoms with Crippen molar-refractivity contribution in [3.05, 3.63) is 29.8 Å². The van der Waals surface area contributed by atoms with Gasteiger partial charge in [0.15, 0.2) is 0 Å². The standard InChI is InChI=1S/C15H22O4/c1-3-5-6-7-14(18-19-15(17)4-2)12-8-10-13(16)11-9-12/h8-11,14,16H,3-7H2,1-2H3. The van der Waals surface area contributed by atoms with E-state index in [0.29, 0.717) is 0 Å². The van der Waals surface area contributed by atoms with Gasteiger partial charge in [-0.25, -0.2) is 4.79 Å². The average Bonchev–Trinajstić information content (AvgIpc) is 2.43. The predicted molar refractivity (Wildman–Crippen MR) is 72.5 cm³/mol. The molecule has 0 heterocycles. The van der Waals surface area contributed by atoms with Crippen molar-refractivity contribution < 1.29 is 19.7 Å². The Bertz CT molecular complexity index is 372. The van der Waals surface area contributed by atoms with Crippen LogP contribution in [0.1, 0.15) is 57.6 Å². The second-order valence-corrected chi connectivity index (χ2v) is 4.48. The van der Waals surface area contributed by atoms with Gasteiger partial charge in [0.25, 0.3) is 0 Å². The van der Waals surface area contributed by atoms with Crippen LogP contribution in [0.2, 0.25) is 0 Å². The third-order valence-electron chi connectivity index (χ3n) is 2.88. The van der Waals surface area contributed by atoms with E-state index in [9.17, 15) is 9.90 Å². The van der Waals surface area contributed by atoms with E-state index in [2.05, 4.69) is 6.92 Å². The van der Waals surface area contributed by atoms with E-state index in [1.54, 1.807) is 31.2 Å². The van der Waals surface area contributed by atoms with Crippen molar-refractivity contribution in [3.8, 4) is 5.75 Å². The Morgan fingerprint density at radius 2 is 1.89 bits per heavy atom. The van der Waals surface area contributed by atoms with Crippen LogP contribution in [0, 0.1) is 0 Å². The summed E-state index contributed by atoms with van der Waals surface area (Å²) in [5.74, 6) is -0.166. The van der Waals surface area contributed by atoms with Gasteiger partial charge in [-0.15, -0.1) is 0 Å². The molecule has 0 aliphatic rings. The van der Waals surface area contributed by atoms with E-state index in [-0.39, 0.29) is 24.2 Å². The van der Waals surface area contributed by atoms with Crippen LogP contribution in [-0.2, 0) is 14.6 Å². The van der Waals surface area contributed by atoms with Gasteiger partial charge in [0.05, 0.1) is 0 Å². The minimum absolute atomic E-state index is 0.210. The first-order chi connectivity index (χ1) is 9.17. The van der Waals surface area contributed by atoms with Crippen LogP contribution in [-0.4, -0.2) is 11.1 Å². The van der Waals surface area contributed by atoms with Gasteiger partial charge in [-0.1, -0.05) is 45.2 Å². The molecule has 0 spiro atoms. The zero-order valence-electron chi connectivity index (χ0n) is 11.6. The largest absolute Gasteiger partial charge is 0.508 e. The number of hydrogen-bond donors (Lipinski definition) is 1. The Hall–Kier alpha value is -1.55. The fourth-order valence-electron chi connectivity index (χ4n) is 1.71. The van der Waals surface area contributed by atoms with Crippen molar-refractivity contribution in [1.82, 2.24) is 0 Å². The topological polar surface area (TPSA) is 55.8 Å². The number of phenols is 1. The van der Waals surface area contributed by atoms with Gasteiger partial charge in [0.2, 0.25) is 0 Å². The maximum absolute atomic E-state index is 11.1. The van der Waals surface area contributed by atoms with E-state index in [0.717, 1.165) is 31.2 Å². The Morgan fingerprint density at radius 1 is 1.21 bits per heavy atom. The summed E-state index contributed by atoms with van der Waals surface area (Å²) >= 11 is 0. The Morgan fingerprint density at radius 3 is 2.47 bits per heavy atom. The molecule has 0 saturated carbocycles. The molecule has 4 heteroatoms. The summed E-state index contributed by atoms with van der Waals surface area (Å²) in [5.41, 5.74) is 0.901. The van der Waals surface area contributed by atoms with Crippen LogP contribution < -0.4 is 0 Å². The zero-order valence-corrected chi connectivity index (χ0v) is 11.6. The number of phenolic OH excluding ortho intramolecular Hbond substituents is 1. The number of benzene rings is 1. The molecule has 0 aromatic heterocycles. The summed E-state index contributed by atoms with van der Waals surface area (Å²) in [6.07, 6.45) is 4.04. The summed E-state index contributed by atoms with van der Waals surface area (Å²) in [6, 6.07) is 6.78. The zero-order chi connectivity index (χ0) is 14.1. The average molecular weight is 266 g/mol. The number of hydrogen-bond acceptors (Lipinski definition) is 4. The lowest BCUT2D eigenvalue weighted by Crippen LogP contribution is -2.10. The summed E-state index contributed by atoms with van der Waals surface area (Å²) in [6.45, 7) is 3.85. The number of aromatic hydroxyl groups is 1. The molecule has 0 bridgehead atoms. The lowest BCUT2D eigenvalue weighted by atomic mass is 10.0. The first-order valence-corrected chi connectivity index (χ1v) is 6.82. The van der Waals surface area contributed by atoms with Gasteiger partial charge in [0.1, 0.15) is 11.9 Å². The van der Waals surface area contributed by atoms with Gasteiger partial charge >= 0.3 is 5.97 Å². The second-order valence-electron chi connectivity index (χ2n) is 4.48. The molecule has 1 N–H and O–H groups in total. The van der Waals surface area contributed by atoms with Crippen molar-refractivity contribution >= 4 is 5.97 Å². The molecule has 1 atom stereocenters. The van der Waals surface area contributed by atoms with Gasteiger partial charge in [0, 0.05) is 6.42 Å². The second kappa shape index (κ2) is 8.53. The first kappa shape index (κ1) is 15.5. The van der Waals surface area contributed by atoms with E-state index in [1.165, 1.54) is 0 Å². The Balaban J connectivity index is 2.62. The van der Waals surface area contributed by atoms with Crippen LogP contribution in [0.3, 0.4) is 0 Å². The maximum Gasteiger partial charge on any atom is 0.342 e. The molecule has 106 valence electrons. The van der Waals surface area contributed by atoms with Crippen molar-refractivity contribution in [2.24, 2.45) is 0 Å². The van der Waals surface area contributed by atoms with E-state index in [4.69, 9.17) is 9.78 Å². The van der Waals surface area contributed by atoms with Gasteiger partial charge in [-0.2, -0.15) is 4.89 Å². The van der Waals surface area contributed by atoms with Crippen LogP contribution in [0.4, 0.5) is 0 Å². The van der Waals surface area contributed by atoms with Crippen molar-refractivity contribution in [2.75, 3.05) is 0 Å². The first-order valence-electron chi connectivity index (χ1n) is 6.82. The number of carbonyl (C=O) groups is 1. The highest BCUT2D eigenvalue weighted by molar-refractivity contribution is 5.68. The minimum atomic E-state index is -0.376. The Kier molecular flexibility index (Phi) is 6.97. The summed E-state index contributed by atoms with van der Waals surface area (Å²) in [5, 5.41) is 9.28. The highest BCUT2D eigenvalue weighted by Crippen LogP contribution is 2.26. The highest BCUT2D eigenvalue weighted by Gasteiger charge is 2.15. The molecule has 0 amide bonds. The fraction of sp³-hybridized carbons (Fsp3) is 0.533. The lowest BCUT2D eigenvalue weighted by Gasteiger charge is -2.16. The highest BCUT2D eigenvalue weighted by atomic mass is 17.2. The molecular formula is C15H22O4. The summed E-state index contributed by atoms with van der Waals surface area (Å²) in [4.78, 5) is 21.1. The van der Waals surface area contributed by atoms with Crippen LogP contribution in [0.15, 0.2) is 24.3 Å². The predicted octanol–water partition coefficient (Wildman–Crippen LogP) is 3.90. The third kappa shape index (κ3) is 5.75. The number of unbranched alkanes of at least 4 members (excludes halogenated alkanes) is 2. The molecule has 1 rings (SSSR count). The minimum Gasteiger partial charge on any atom is -0.508 e. The van der Waals surface area contributed by atoms with Crippen molar-refractivity contribution in [1.29, 1.82) is 0 Å². The molecule has 0 saturated heterocycles. The van der Waals surface area contributed by atoms with Gasteiger partial charge < -0.3 is 5.11 Å². The molecule has 1 unspecified atom stereocenters.